The van der Waals surface area contributed by atoms with Crippen LogP contribution in [-0.2, 0) is 20.7 Å². The lowest BCUT2D eigenvalue weighted by atomic mass is 9.85. The third kappa shape index (κ3) is 4.64. The molecule has 2 fully saturated rings. The maximum Gasteiger partial charge on any atom is 0.254 e. The molecule has 1 aliphatic heterocycles. The van der Waals surface area contributed by atoms with Gasteiger partial charge in [0.1, 0.15) is 0 Å². The third-order valence-electron chi connectivity index (χ3n) is 6.58. The van der Waals surface area contributed by atoms with Crippen LogP contribution in [-0.4, -0.2) is 54.0 Å². The second-order valence-corrected chi connectivity index (χ2v) is 8.59. The summed E-state index contributed by atoms with van der Waals surface area (Å²) >= 11 is 0. The van der Waals surface area contributed by atoms with Gasteiger partial charge < -0.3 is 15.0 Å². The highest BCUT2D eigenvalue weighted by Crippen LogP contribution is 2.32. The standard InChI is InChI=1S/C25H31N3O3/c1-26-24(30)25(17-21-9-5-6-10-22(21)19-11-13-27-14-12-19)18-28(15-16-31-25)23(29)20-7-3-2-4-8-20/h5-6,9-14,20H,2-4,7-8,15-18H2,1H3,(H,26,30)/t25-/m1/s1. The fraction of sp³-hybridized carbons (Fsp3) is 0.480. The molecule has 0 unspecified atom stereocenters. The average Bonchev–Trinajstić information content (AvgIpc) is 2.84. The Hall–Kier alpha value is -2.73. The van der Waals surface area contributed by atoms with E-state index in [0.29, 0.717) is 19.6 Å². The number of pyridine rings is 1. The zero-order valence-corrected chi connectivity index (χ0v) is 18.2. The van der Waals surface area contributed by atoms with E-state index in [1.807, 2.05) is 35.2 Å². The van der Waals surface area contributed by atoms with E-state index in [-0.39, 0.29) is 24.3 Å². The molecule has 1 aromatic heterocycles. The van der Waals surface area contributed by atoms with Crippen molar-refractivity contribution in [3.63, 3.8) is 0 Å². The van der Waals surface area contributed by atoms with Crippen LogP contribution in [0.5, 0.6) is 0 Å². The fourth-order valence-corrected chi connectivity index (χ4v) is 4.93. The smallest absolute Gasteiger partial charge is 0.254 e. The number of likely N-dealkylation sites (N-methyl/N-ethyl adjacent to an activating group) is 1. The van der Waals surface area contributed by atoms with Gasteiger partial charge in [0.15, 0.2) is 5.60 Å². The summed E-state index contributed by atoms with van der Waals surface area (Å²) in [6, 6.07) is 12.0. The first kappa shape index (κ1) is 21.5. The van der Waals surface area contributed by atoms with Gasteiger partial charge in [0.25, 0.3) is 5.91 Å². The summed E-state index contributed by atoms with van der Waals surface area (Å²) < 4.78 is 6.16. The summed E-state index contributed by atoms with van der Waals surface area (Å²) in [5.74, 6) is 0.0789. The van der Waals surface area contributed by atoms with E-state index in [9.17, 15) is 9.59 Å². The molecule has 2 heterocycles. The maximum absolute atomic E-state index is 13.2. The number of carbonyl (C=O) groups is 2. The van der Waals surface area contributed by atoms with Crippen molar-refractivity contribution in [1.29, 1.82) is 0 Å². The first-order chi connectivity index (χ1) is 15.1. The van der Waals surface area contributed by atoms with Gasteiger partial charge in [0.05, 0.1) is 13.2 Å². The topological polar surface area (TPSA) is 71.5 Å². The zero-order chi connectivity index (χ0) is 21.7. The van der Waals surface area contributed by atoms with Crippen LogP contribution in [0.4, 0.5) is 0 Å². The molecule has 1 aromatic carbocycles. The highest BCUT2D eigenvalue weighted by molar-refractivity contribution is 5.88. The monoisotopic (exact) mass is 421 g/mol. The van der Waals surface area contributed by atoms with Gasteiger partial charge in [-0.15, -0.1) is 0 Å². The molecule has 0 radical (unpaired) electrons. The molecule has 164 valence electrons. The number of hydrogen-bond acceptors (Lipinski definition) is 4. The van der Waals surface area contributed by atoms with Crippen molar-refractivity contribution in [3.05, 3.63) is 54.4 Å². The summed E-state index contributed by atoms with van der Waals surface area (Å²) in [6.07, 6.45) is 9.27. The van der Waals surface area contributed by atoms with Crippen molar-refractivity contribution in [1.82, 2.24) is 15.2 Å². The van der Waals surface area contributed by atoms with Crippen LogP contribution in [0.15, 0.2) is 48.8 Å². The number of aromatic nitrogens is 1. The number of nitrogens with one attached hydrogen (secondary N) is 1. The largest absolute Gasteiger partial charge is 0.361 e. The van der Waals surface area contributed by atoms with Gasteiger partial charge in [0.2, 0.25) is 5.91 Å². The molecule has 1 atom stereocenters. The lowest BCUT2D eigenvalue weighted by Gasteiger charge is -2.43. The minimum absolute atomic E-state index is 0.0818. The number of amides is 2. The molecule has 2 aliphatic rings. The summed E-state index contributed by atoms with van der Waals surface area (Å²) in [4.78, 5) is 32.3. The van der Waals surface area contributed by atoms with Crippen LogP contribution in [0.25, 0.3) is 11.1 Å². The Morgan fingerprint density at radius 2 is 1.87 bits per heavy atom. The summed E-state index contributed by atoms with van der Waals surface area (Å²) in [5, 5.41) is 2.78. The molecule has 2 amide bonds. The van der Waals surface area contributed by atoms with Gasteiger partial charge >= 0.3 is 0 Å². The number of ether oxygens (including phenoxy) is 1. The second-order valence-electron chi connectivity index (χ2n) is 8.59. The van der Waals surface area contributed by atoms with Gasteiger partial charge in [0, 0.05) is 38.3 Å². The van der Waals surface area contributed by atoms with Crippen molar-refractivity contribution >= 4 is 11.8 Å². The van der Waals surface area contributed by atoms with E-state index in [4.69, 9.17) is 4.74 Å². The number of benzene rings is 1. The number of hydrogen-bond donors (Lipinski definition) is 1. The second kappa shape index (κ2) is 9.60. The van der Waals surface area contributed by atoms with Crippen LogP contribution >= 0.6 is 0 Å². The van der Waals surface area contributed by atoms with Crippen molar-refractivity contribution < 1.29 is 14.3 Å². The average molecular weight is 422 g/mol. The van der Waals surface area contributed by atoms with E-state index in [1.54, 1.807) is 19.4 Å². The van der Waals surface area contributed by atoms with Crippen molar-refractivity contribution in [2.45, 2.75) is 44.1 Å². The van der Waals surface area contributed by atoms with Gasteiger partial charge in [-0.1, -0.05) is 43.5 Å². The van der Waals surface area contributed by atoms with Crippen LogP contribution in [0.3, 0.4) is 0 Å². The summed E-state index contributed by atoms with van der Waals surface area (Å²) in [7, 11) is 1.63. The minimum Gasteiger partial charge on any atom is -0.361 e. The first-order valence-corrected chi connectivity index (χ1v) is 11.3. The predicted octanol–water partition coefficient (Wildman–Crippen LogP) is 3.22. The molecule has 0 bridgehead atoms. The Labute approximate surface area is 184 Å². The van der Waals surface area contributed by atoms with E-state index in [2.05, 4.69) is 16.4 Å². The maximum atomic E-state index is 13.2. The summed E-state index contributed by atoms with van der Waals surface area (Å²) in [5.41, 5.74) is 2.01. The Morgan fingerprint density at radius 3 is 2.61 bits per heavy atom. The number of carbonyl (C=O) groups excluding carboxylic acids is 2. The molecule has 31 heavy (non-hydrogen) atoms. The number of morpholine rings is 1. The van der Waals surface area contributed by atoms with Crippen molar-refractivity contribution in [2.75, 3.05) is 26.7 Å². The van der Waals surface area contributed by atoms with Crippen LogP contribution < -0.4 is 5.32 Å². The van der Waals surface area contributed by atoms with Crippen molar-refractivity contribution in [3.8, 4) is 11.1 Å². The number of rotatable bonds is 5. The highest BCUT2D eigenvalue weighted by Gasteiger charge is 2.45. The molecular formula is C25H31N3O3. The van der Waals surface area contributed by atoms with Crippen LogP contribution in [0.1, 0.15) is 37.7 Å². The van der Waals surface area contributed by atoms with E-state index >= 15 is 0 Å². The molecule has 1 N–H and O–H groups in total. The van der Waals surface area contributed by atoms with Crippen molar-refractivity contribution in [2.24, 2.45) is 5.92 Å². The molecular weight excluding hydrogens is 390 g/mol. The van der Waals surface area contributed by atoms with Gasteiger partial charge in [-0.05, 0) is 41.7 Å². The van der Waals surface area contributed by atoms with Gasteiger partial charge in [-0.2, -0.15) is 0 Å². The molecule has 1 saturated carbocycles. The Balaban J connectivity index is 1.62. The molecule has 1 aliphatic carbocycles. The lowest BCUT2D eigenvalue weighted by molar-refractivity contribution is -0.167. The molecule has 4 rings (SSSR count). The molecule has 0 spiro atoms. The van der Waals surface area contributed by atoms with Crippen LogP contribution in [0, 0.1) is 5.92 Å². The van der Waals surface area contributed by atoms with E-state index in [0.717, 1.165) is 42.4 Å². The third-order valence-corrected chi connectivity index (χ3v) is 6.58. The quantitative estimate of drug-likeness (QED) is 0.805. The van der Waals surface area contributed by atoms with Gasteiger partial charge in [-0.3, -0.25) is 14.6 Å². The molecule has 1 saturated heterocycles. The van der Waals surface area contributed by atoms with E-state index in [1.165, 1.54) is 6.42 Å². The zero-order valence-electron chi connectivity index (χ0n) is 18.2. The summed E-state index contributed by atoms with van der Waals surface area (Å²) in [6.45, 7) is 1.19. The minimum atomic E-state index is -1.10. The SMILES string of the molecule is CNC(=O)[C@@]1(Cc2ccccc2-c2ccncc2)CN(C(=O)C2CCCCC2)CCO1. The molecule has 6 nitrogen and oxygen atoms in total. The Morgan fingerprint density at radius 1 is 1.13 bits per heavy atom. The Bertz CT molecular complexity index is 911. The predicted molar refractivity (Wildman–Crippen MR) is 119 cm³/mol. The lowest BCUT2D eigenvalue weighted by Crippen LogP contribution is -2.62. The normalized spacial score (nSPS) is 22.2. The van der Waals surface area contributed by atoms with E-state index < -0.39 is 5.60 Å². The number of nitrogens with zero attached hydrogens (tertiary/aromatic N) is 2. The fourth-order valence-electron chi connectivity index (χ4n) is 4.93. The molecule has 2 aromatic rings. The van der Waals surface area contributed by atoms with Crippen LogP contribution in [0.2, 0.25) is 0 Å². The molecule has 6 heteroatoms. The Kier molecular flexibility index (Phi) is 6.66. The first-order valence-electron chi connectivity index (χ1n) is 11.3. The van der Waals surface area contributed by atoms with Gasteiger partial charge in [-0.25, -0.2) is 0 Å². The highest BCUT2D eigenvalue weighted by atomic mass is 16.5.